The van der Waals surface area contributed by atoms with Gasteiger partial charge in [0.15, 0.2) is 0 Å². The molecule has 0 aliphatic rings. The predicted octanol–water partition coefficient (Wildman–Crippen LogP) is 2.32. The summed E-state index contributed by atoms with van der Waals surface area (Å²) in [6.07, 6.45) is 0.687. The number of nitrogens with zero attached hydrogens (tertiary/aromatic N) is 1. The number of amides is 1. The molecule has 104 valence electrons. The molecule has 0 atom stereocenters. The first-order chi connectivity index (χ1) is 9.62. The van der Waals surface area contributed by atoms with Gasteiger partial charge in [-0.1, -0.05) is 6.92 Å². The highest BCUT2D eigenvalue weighted by molar-refractivity contribution is 6.04. The third kappa shape index (κ3) is 3.30. The maximum atomic E-state index is 12.8. The van der Waals surface area contributed by atoms with E-state index in [1.54, 1.807) is 12.1 Å². The van der Waals surface area contributed by atoms with Gasteiger partial charge in [0.1, 0.15) is 11.6 Å². The van der Waals surface area contributed by atoms with Gasteiger partial charge in [-0.3, -0.25) is 4.79 Å². The molecule has 0 unspecified atom stereocenters. The Morgan fingerprint density at radius 2 is 2.00 bits per heavy atom. The van der Waals surface area contributed by atoms with Gasteiger partial charge < -0.3 is 10.7 Å². The van der Waals surface area contributed by atoms with Crippen LogP contribution in [0.5, 0.6) is 0 Å². The van der Waals surface area contributed by atoms with Crippen molar-refractivity contribution in [3.63, 3.8) is 0 Å². The molecule has 4 N–H and O–H groups in total. The van der Waals surface area contributed by atoms with Crippen molar-refractivity contribution in [2.24, 2.45) is 5.84 Å². The number of rotatable bonds is 4. The van der Waals surface area contributed by atoms with Crippen LogP contribution in [0, 0.1) is 5.82 Å². The van der Waals surface area contributed by atoms with Gasteiger partial charge in [-0.25, -0.2) is 15.2 Å². The van der Waals surface area contributed by atoms with Crippen LogP contribution in [0.1, 0.15) is 23.0 Å². The van der Waals surface area contributed by atoms with E-state index < -0.39 is 0 Å². The molecule has 1 aromatic heterocycles. The highest BCUT2D eigenvalue weighted by Crippen LogP contribution is 2.14. The first-order valence-electron chi connectivity index (χ1n) is 6.17. The number of nitrogens with two attached hydrogens (primary N) is 1. The first kappa shape index (κ1) is 14.0. The molecule has 1 amide bonds. The Labute approximate surface area is 116 Å². The van der Waals surface area contributed by atoms with E-state index in [1.165, 1.54) is 24.3 Å². The normalized spacial score (nSPS) is 10.2. The Hall–Kier alpha value is -2.47. The lowest BCUT2D eigenvalue weighted by Crippen LogP contribution is -2.15. The monoisotopic (exact) mass is 274 g/mol. The molecule has 5 nitrogen and oxygen atoms in total. The molecule has 1 aromatic carbocycles. The van der Waals surface area contributed by atoms with E-state index >= 15 is 0 Å². The Morgan fingerprint density at radius 3 is 2.60 bits per heavy atom. The summed E-state index contributed by atoms with van der Waals surface area (Å²) in [6.45, 7) is 1.93. The molecule has 0 saturated heterocycles. The SMILES string of the molecule is CCc1cc(C(=O)Nc2ccc(F)cc2)cc(NN)n1. The van der Waals surface area contributed by atoms with E-state index in [0.717, 1.165) is 5.69 Å². The van der Waals surface area contributed by atoms with Gasteiger partial charge in [0, 0.05) is 16.9 Å². The van der Waals surface area contributed by atoms with Crippen LogP contribution in [0.15, 0.2) is 36.4 Å². The van der Waals surface area contributed by atoms with Gasteiger partial charge in [0.05, 0.1) is 0 Å². The zero-order valence-electron chi connectivity index (χ0n) is 11.0. The second-order valence-corrected chi connectivity index (χ2v) is 4.19. The molecule has 1 heterocycles. The molecule has 0 spiro atoms. The van der Waals surface area contributed by atoms with Gasteiger partial charge in [0.2, 0.25) is 0 Å². The van der Waals surface area contributed by atoms with Crippen molar-refractivity contribution >= 4 is 17.4 Å². The Bertz CT molecular complexity index is 591. The van der Waals surface area contributed by atoms with E-state index in [1.807, 2.05) is 6.92 Å². The quantitative estimate of drug-likeness (QED) is 0.590. The average molecular weight is 274 g/mol. The molecule has 0 radical (unpaired) electrons. The van der Waals surface area contributed by atoms with Crippen molar-refractivity contribution in [2.75, 3.05) is 10.7 Å². The zero-order valence-corrected chi connectivity index (χ0v) is 11.0. The van der Waals surface area contributed by atoms with E-state index in [4.69, 9.17) is 5.84 Å². The van der Waals surface area contributed by atoms with Crippen molar-refractivity contribution in [3.05, 3.63) is 53.5 Å². The summed E-state index contributed by atoms with van der Waals surface area (Å²) < 4.78 is 12.8. The first-order valence-corrected chi connectivity index (χ1v) is 6.17. The molecule has 0 saturated carbocycles. The molecule has 0 aliphatic heterocycles. The lowest BCUT2D eigenvalue weighted by atomic mass is 10.1. The fourth-order valence-electron chi connectivity index (χ4n) is 1.71. The number of benzene rings is 1. The van der Waals surface area contributed by atoms with Crippen molar-refractivity contribution in [3.8, 4) is 0 Å². The van der Waals surface area contributed by atoms with Gasteiger partial charge in [-0.05, 0) is 42.8 Å². The van der Waals surface area contributed by atoms with Gasteiger partial charge in [0.25, 0.3) is 5.91 Å². The summed E-state index contributed by atoms with van der Waals surface area (Å²) in [5.41, 5.74) is 4.14. The number of aromatic nitrogens is 1. The highest BCUT2D eigenvalue weighted by atomic mass is 19.1. The van der Waals surface area contributed by atoms with E-state index in [2.05, 4.69) is 15.7 Å². The number of carbonyl (C=O) groups is 1. The maximum absolute atomic E-state index is 12.8. The third-order valence-electron chi connectivity index (χ3n) is 2.75. The summed E-state index contributed by atoms with van der Waals surface area (Å²) in [4.78, 5) is 16.3. The number of anilines is 2. The summed E-state index contributed by atoms with van der Waals surface area (Å²) in [5, 5.41) is 2.69. The molecule has 20 heavy (non-hydrogen) atoms. The van der Waals surface area contributed by atoms with Crippen molar-refractivity contribution < 1.29 is 9.18 Å². The number of nitrogens with one attached hydrogen (secondary N) is 2. The number of hydrazine groups is 1. The summed E-state index contributed by atoms with van der Waals surface area (Å²) in [5.74, 6) is 5.10. The van der Waals surface area contributed by atoms with Crippen LogP contribution in [0.4, 0.5) is 15.9 Å². The Morgan fingerprint density at radius 1 is 1.30 bits per heavy atom. The van der Waals surface area contributed by atoms with E-state index in [0.29, 0.717) is 23.5 Å². The molecule has 0 fully saturated rings. The summed E-state index contributed by atoms with van der Waals surface area (Å²) in [6, 6.07) is 8.81. The molecule has 2 rings (SSSR count). The predicted molar refractivity (Wildman–Crippen MR) is 75.8 cm³/mol. The smallest absolute Gasteiger partial charge is 0.255 e. The maximum Gasteiger partial charge on any atom is 0.255 e. The van der Waals surface area contributed by atoms with E-state index in [-0.39, 0.29) is 11.7 Å². The van der Waals surface area contributed by atoms with Crippen LogP contribution < -0.4 is 16.6 Å². The number of halogens is 1. The van der Waals surface area contributed by atoms with Crippen LogP contribution in [-0.4, -0.2) is 10.9 Å². The number of pyridine rings is 1. The van der Waals surface area contributed by atoms with Gasteiger partial charge in [-0.15, -0.1) is 0 Å². The molecule has 0 bridgehead atoms. The topological polar surface area (TPSA) is 80.0 Å². The molecule has 2 aromatic rings. The number of hydrogen-bond acceptors (Lipinski definition) is 4. The lowest BCUT2D eigenvalue weighted by molar-refractivity contribution is 0.102. The minimum absolute atomic E-state index is 0.301. The summed E-state index contributed by atoms with van der Waals surface area (Å²) >= 11 is 0. The molecule has 0 aliphatic carbocycles. The van der Waals surface area contributed by atoms with Crippen molar-refractivity contribution in [1.82, 2.24) is 4.98 Å². The van der Waals surface area contributed by atoms with Crippen LogP contribution in [-0.2, 0) is 6.42 Å². The summed E-state index contributed by atoms with van der Waals surface area (Å²) in [7, 11) is 0. The second-order valence-electron chi connectivity index (χ2n) is 4.19. The average Bonchev–Trinajstić information content (AvgIpc) is 2.48. The van der Waals surface area contributed by atoms with Crippen LogP contribution in [0.2, 0.25) is 0 Å². The largest absolute Gasteiger partial charge is 0.322 e. The minimum atomic E-state index is -0.352. The van der Waals surface area contributed by atoms with Crippen molar-refractivity contribution in [1.29, 1.82) is 0 Å². The third-order valence-corrected chi connectivity index (χ3v) is 2.75. The number of hydrogen-bond donors (Lipinski definition) is 3. The number of aryl methyl sites for hydroxylation is 1. The fourth-order valence-corrected chi connectivity index (χ4v) is 1.71. The van der Waals surface area contributed by atoms with Gasteiger partial charge in [-0.2, -0.15) is 0 Å². The fraction of sp³-hybridized carbons (Fsp3) is 0.143. The second kappa shape index (κ2) is 6.12. The Balaban J connectivity index is 2.22. The van der Waals surface area contributed by atoms with Gasteiger partial charge >= 0.3 is 0 Å². The number of nitrogen functional groups attached to an aromatic ring is 1. The molecule has 6 heteroatoms. The standard InChI is InChI=1S/C14H15FN4O/c1-2-11-7-9(8-13(17-11)19-16)14(20)18-12-5-3-10(15)4-6-12/h3-8H,2,16H2,1H3,(H,17,19)(H,18,20). The van der Waals surface area contributed by atoms with Crippen LogP contribution >= 0.6 is 0 Å². The minimum Gasteiger partial charge on any atom is -0.322 e. The zero-order chi connectivity index (χ0) is 14.5. The Kier molecular flexibility index (Phi) is 4.27. The number of carbonyl (C=O) groups excluding carboxylic acids is 1. The lowest BCUT2D eigenvalue weighted by Gasteiger charge is -2.08. The highest BCUT2D eigenvalue weighted by Gasteiger charge is 2.09. The van der Waals surface area contributed by atoms with E-state index in [9.17, 15) is 9.18 Å². The van der Waals surface area contributed by atoms with Crippen LogP contribution in [0.3, 0.4) is 0 Å². The molecular formula is C14H15FN4O. The molecular weight excluding hydrogens is 259 g/mol. The van der Waals surface area contributed by atoms with Crippen LogP contribution in [0.25, 0.3) is 0 Å². The van der Waals surface area contributed by atoms with Crippen molar-refractivity contribution in [2.45, 2.75) is 13.3 Å².